The van der Waals surface area contributed by atoms with E-state index in [1.807, 2.05) is 0 Å². The fraction of sp³-hybridized carbons (Fsp3) is 0.750. The first-order valence-corrected chi connectivity index (χ1v) is 8.08. The molecule has 0 aromatic carbocycles. The highest BCUT2D eigenvalue weighted by Crippen LogP contribution is 2.15. The maximum Gasteiger partial charge on any atom is 0.325 e. The molecule has 19 heavy (non-hydrogen) atoms. The third kappa shape index (κ3) is 8.54. The molecule has 0 radical (unpaired) electrons. The minimum absolute atomic E-state index is 0.0798. The van der Waals surface area contributed by atoms with Crippen molar-refractivity contribution < 1.29 is 14.3 Å². The summed E-state index contributed by atoms with van der Waals surface area (Å²) in [5.41, 5.74) is 0. The van der Waals surface area contributed by atoms with Crippen LogP contribution in [0.2, 0.25) is 0 Å². The van der Waals surface area contributed by atoms with Crippen molar-refractivity contribution in [3.63, 3.8) is 0 Å². The molecular formula is C12H22N3O3P. The summed E-state index contributed by atoms with van der Waals surface area (Å²) in [6, 6.07) is 0. The molecule has 3 N–H and O–H groups in total. The van der Waals surface area contributed by atoms with Crippen LogP contribution in [0.1, 0.15) is 38.5 Å². The van der Waals surface area contributed by atoms with Crippen molar-refractivity contribution in [1.82, 2.24) is 10.6 Å². The van der Waals surface area contributed by atoms with Crippen LogP contribution in [0.3, 0.4) is 0 Å². The van der Waals surface area contributed by atoms with E-state index >= 15 is 0 Å². The maximum absolute atomic E-state index is 11.5. The molecule has 1 aliphatic rings. The predicted octanol–water partition coefficient (Wildman–Crippen LogP) is 1.16. The summed E-state index contributed by atoms with van der Waals surface area (Å²) < 4.78 is 5.02. The summed E-state index contributed by atoms with van der Waals surface area (Å²) in [5.74, 6) is -0.713. The maximum atomic E-state index is 11.5. The van der Waals surface area contributed by atoms with E-state index in [0.717, 1.165) is 31.8 Å². The Kier molecular flexibility index (Phi) is 8.14. The fourth-order valence-electron chi connectivity index (χ4n) is 1.73. The van der Waals surface area contributed by atoms with Crippen molar-refractivity contribution >= 4 is 26.4 Å². The summed E-state index contributed by atoms with van der Waals surface area (Å²) in [6.07, 6.45) is 7.33. The molecule has 1 amide bonds. The van der Waals surface area contributed by atoms with Crippen molar-refractivity contribution in [3.8, 4) is 0 Å². The minimum Gasteiger partial charge on any atom is -0.460 e. The number of amides is 1. The van der Waals surface area contributed by atoms with Gasteiger partial charge >= 0.3 is 5.97 Å². The van der Waals surface area contributed by atoms with Crippen LogP contribution < -0.4 is 10.6 Å². The van der Waals surface area contributed by atoms with E-state index in [4.69, 9.17) is 10.1 Å². The highest BCUT2D eigenvalue weighted by atomic mass is 31.1. The van der Waals surface area contributed by atoms with E-state index in [1.54, 1.807) is 0 Å². The molecule has 0 aromatic rings. The summed E-state index contributed by atoms with van der Waals surface area (Å²) >= 11 is 0. The van der Waals surface area contributed by atoms with Gasteiger partial charge in [0.2, 0.25) is 5.91 Å². The topological polar surface area (TPSA) is 91.3 Å². The van der Waals surface area contributed by atoms with Crippen LogP contribution in [0.5, 0.6) is 0 Å². The SMILES string of the molecule is N=C1NCC(=O)OCPCCCCCCCC(=O)N1. The van der Waals surface area contributed by atoms with E-state index in [1.165, 1.54) is 6.42 Å². The lowest BCUT2D eigenvalue weighted by atomic mass is 10.1. The Morgan fingerprint density at radius 2 is 1.84 bits per heavy atom. The van der Waals surface area contributed by atoms with Crippen molar-refractivity contribution in [2.45, 2.75) is 38.5 Å². The van der Waals surface area contributed by atoms with Crippen LogP contribution in [-0.2, 0) is 14.3 Å². The van der Waals surface area contributed by atoms with Crippen molar-refractivity contribution in [2.75, 3.05) is 19.1 Å². The first-order chi connectivity index (χ1) is 9.18. The molecule has 0 aliphatic carbocycles. The van der Waals surface area contributed by atoms with Gasteiger partial charge in [-0.05, 0) is 19.0 Å². The van der Waals surface area contributed by atoms with Gasteiger partial charge in [0.05, 0.1) is 0 Å². The molecule has 1 saturated heterocycles. The molecule has 1 aliphatic heterocycles. The number of hydrogen-bond donors (Lipinski definition) is 3. The average molecular weight is 287 g/mol. The van der Waals surface area contributed by atoms with Gasteiger partial charge in [0, 0.05) is 6.42 Å². The van der Waals surface area contributed by atoms with Gasteiger partial charge in [0.15, 0.2) is 5.96 Å². The van der Waals surface area contributed by atoms with Crippen LogP contribution in [0.4, 0.5) is 0 Å². The number of hydrogen-bond acceptors (Lipinski definition) is 4. The summed E-state index contributed by atoms with van der Waals surface area (Å²) in [5, 5.41) is 12.4. The van der Waals surface area contributed by atoms with Gasteiger partial charge in [-0.2, -0.15) is 0 Å². The lowest BCUT2D eigenvalue weighted by Gasteiger charge is -2.10. The number of nitrogens with one attached hydrogen (secondary N) is 3. The second kappa shape index (κ2) is 9.73. The number of cyclic esters (lactones) is 1. The average Bonchev–Trinajstić information content (AvgIpc) is 2.37. The minimum atomic E-state index is -0.390. The van der Waals surface area contributed by atoms with Crippen LogP contribution >= 0.6 is 8.58 Å². The zero-order chi connectivity index (χ0) is 13.9. The lowest BCUT2D eigenvalue weighted by Crippen LogP contribution is -2.42. The molecule has 7 heteroatoms. The number of carbonyl (C=O) groups excluding carboxylic acids is 2. The van der Waals surface area contributed by atoms with Crippen molar-refractivity contribution in [2.24, 2.45) is 0 Å². The normalized spacial score (nSPS) is 22.4. The van der Waals surface area contributed by atoms with E-state index in [0.29, 0.717) is 21.3 Å². The molecule has 108 valence electrons. The number of carbonyl (C=O) groups is 2. The Morgan fingerprint density at radius 1 is 1.11 bits per heavy atom. The lowest BCUT2D eigenvalue weighted by molar-refractivity contribution is -0.140. The molecule has 1 atom stereocenters. The number of rotatable bonds is 0. The summed E-state index contributed by atoms with van der Waals surface area (Å²) in [7, 11) is 0.652. The van der Waals surface area contributed by atoms with Gasteiger partial charge in [-0.1, -0.05) is 27.8 Å². The Hall–Kier alpha value is -1.16. The van der Waals surface area contributed by atoms with E-state index in [2.05, 4.69) is 10.6 Å². The number of guanidine groups is 1. The van der Waals surface area contributed by atoms with Gasteiger partial charge in [0.1, 0.15) is 12.9 Å². The molecule has 1 heterocycles. The first kappa shape index (κ1) is 15.9. The molecule has 0 spiro atoms. The summed E-state index contributed by atoms with van der Waals surface area (Å²) in [6.45, 7) is -0.0798. The predicted molar refractivity (Wildman–Crippen MR) is 75.7 cm³/mol. The molecule has 1 rings (SSSR count). The standard InChI is InChI=1S/C12H22N3O3P/c13-12-14-8-11(17)18-9-19-7-5-3-1-2-4-6-10(16)15-12/h19H,1-9H2,(H3,13,14,15,16). The quantitative estimate of drug-likeness (QED) is 0.460. The van der Waals surface area contributed by atoms with Crippen LogP contribution in [-0.4, -0.2) is 36.9 Å². The van der Waals surface area contributed by atoms with Crippen molar-refractivity contribution in [3.05, 3.63) is 0 Å². The zero-order valence-electron chi connectivity index (χ0n) is 11.1. The monoisotopic (exact) mass is 287 g/mol. The Morgan fingerprint density at radius 3 is 2.68 bits per heavy atom. The Labute approximate surface area is 115 Å². The number of esters is 1. The Bertz CT molecular complexity index is 323. The second-order valence-corrected chi connectivity index (χ2v) is 5.74. The molecule has 1 fully saturated rings. The number of ether oxygens (including phenoxy) is 1. The van der Waals surface area contributed by atoms with Crippen molar-refractivity contribution in [1.29, 1.82) is 5.41 Å². The summed E-state index contributed by atoms with van der Waals surface area (Å²) in [4.78, 5) is 22.8. The van der Waals surface area contributed by atoms with E-state index in [9.17, 15) is 9.59 Å². The molecule has 0 saturated carbocycles. The third-order valence-electron chi connectivity index (χ3n) is 2.77. The molecule has 0 aromatic heterocycles. The highest BCUT2D eigenvalue weighted by Gasteiger charge is 2.07. The zero-order valence-corrected chi connectivity index (χ0v) is 12.1. The second-order valence-electron chi connectivity index (χ2n) is 4.46. The molecule has 0 bridgehead atoms. The largest absolute Gasteiger partial charge is 0.460 e. The van der Waals surface area contributed by atoms with Gasteiger partial charge in [-0.15, -0.1) is 0 Å². The fourth-order valence-corrected chi connectivity index (χ4v) is 2.63. The van der Waals surface area contributed by atoms with Crippen LogP contribution in [0.25, 0.3) is 0 Å². The van der Waals surface area contributed by atoms with Gasteiger partial charge in [-0.25, -0.2) is 0 Å². The van der Waals surface area contributed by atoms with Gasteiger partial charge in [0.25, 0.3) is 0 Å². The highest BCUT2D eigenvalue weighted by molar-refractivity contribution is 7.37. The molecule has 6 nitrogen and oxygen atoms in total. The first-order valence-electron chi connectivity index (χ1n) is 6.67. The smallest absolute Gasteiger partial charge is 0.325 e. The third-order valence-corrected chi connectivity index (χ3v) is 3.82. The van der Waals surface area contributed by atoms with Gasteiger partial charge < -0.3 is 10.1 Å². The van der Waals surface area contributed by atoms with Crippen LogP contribution in [0, 0.1) is 5.41 Å². The van der Waals surface area contributed by atoms with E-state index < -0.39 is 5.97 Å². The Balaban J connectivity index is 2.34. The van der Waals surface area contributed by atoms with Gasteiger partial charge in [-0.3, -0.25) is 20.3 Å². The molecular weight excluding hydrogens is 265 g/mol. The van der Waals surface area contributed by atoms with Crippen LogP contribution in [0.15, 0.2) is 0 Å². The molecule has 1 unspecified atom stereocenters. The van der Waals surface area contributed by atoms with E-state index in [-0.39, 0.29) is 18.4 Å².